The number of ether oxygens (including phenoxy) is 1. The number of hydrogen-bond acceptors (Lipinski definition) is 4. The molecule has 0 fully saturated rings. The molecule has 0 saturated carbocycles. The Kier molecular flexibility index (Phi) is 5.01. The largest absolute Gasteiger partial charge is 0.383 e. The second-order valence-electron chi connectivity index (χ2n) is 4.39. The maximum absolute atomic E-state index is 5.28. The molecule has 1 unspecified atom stereocenters. The van der Waals surface area contributed by atoms with Gasteiger partial charge in [-0.25, -0.2) is 9.97 Å². The number of hydrogen-bond donors (Lipinski definition) is 1. The lowest BCUT2D eigenvalue weighted by Crippen LogP contribution is -2.25. The molecule has 0 aliphatic carbocycles. The topological polar surface area (TPSA) is 47.0 Å². The van der Waals surface area contributed by atoms with Crippen molar-refractivity contribution in [2.75, 3.05) is 13.7 Å². The summed E-state index contributed by atoms with van der Waals surface area (Å²) >= 11 is 0. The molecule has 1 heterocycles. The molecule has 0 radical (unpaired) electrons. The van der Waals surface area contributed by atoms with E-state index in [0.717, 1.165) is 11.5 Å². The third-order valence-corrected chi connectivity index (χ3v) is 2.90. The summed E-state index contributed by atoms with van der Waals surface area (Å²) < 4.78 is 5.28. The molecule has 4 heteroatoms. The smallest absolute Gasteiger partial charge is 0.125 e. The number of nitrogens with one attached hydrogen (secondary N) is 1. The Labute approximate surface area is 113 Å². The molecular weight excluding hydrogens is 238 g/mol. The SMILES string of the molecule is COCC(NCc1ccnc(C)n1)c1ccccc1. The Morgan fingerprint density at radius 3 is 2.68 bits per heavy atom. The van der Waals surface area contributed by atoms with Crippen LogP contribution in [-0.2, 0) is 11.3 Å². The van der Waals surface area contributed by atoms with Crippen molar-refractivity contribution < 1.29 is 4.74 Å². The predicted octanol–water partition coefficient (Wildman–Crippen LogP) is 2.26. The van der Waals surface area contributed by atoms with Gasteiger partial charge in [0.15, 0.2) is 0 Å². The maximum atomic E-state index is 5.28. The number of methoxy groups -OCH3 is 1. The third kappa shape index (κ3) is 4.12. The van der Waals surface area contributed by atoms with Gasteiger partial charge >= 0.3 is 0 Å². The zero-order valence-electron chi connectivity index (χ0n) is 11.3. The fraction of sp³-hybridized carbons (Fsp3) is 0.333. The van der Waals surface area contributed by atoms with Crippen LogP contribution in [-0.4, -0.2) is 23.7 Å². The van der Waals surface area contributed by atoms with Gasteiger partial charge in [0.2, 0.25) is 0 Å². The molecule has 4 nitrogen and oxygen atoms in total. The molecule has 0 saturated heterocycles. The van der Waals surface area contributed by atoms with E-state index in [1.165, 1.54) is 5.56 Å². The van der Waals surface area contributed by atoms with Crippen LogP contribution < -0.4 is 5.32 Å². The van der Waals surface area contributed by atoms with Crippen LogP contribution in [0.3, 0.4) is 0 Å². The summed E-state index contributed by atoms with van der Waals surface area (Å²) in [6, 6.07) is 12.4. The Morgan fingerprint density at radius 1 is 1.21 bits per heavy atom. The summed E-state index contributed by atoms with van der Waals surface area (Å²) in [6.45, 7) is 3.23. The Balaban J connectivity index is 2.01. The molecule has 100 valence electrons. The van der Waals surface area contributed by atoms with Gasteiger partial charge < -0.3 is 10.1 Å². The highest BCUT2D eigenvalue weighted by Gasteiger charge is 2.10. The summed E-state index contributed by atoms with van der Waals surface area (Å²) in [5.41, 5.74) is 2.21. The first-order valence-electron chi connectivity index (χ1n) is 6.35. The molecule has 2 aromatic rings. The maximum Gasteiger partial charge on any atom is 0.125 e. The first-order valence-corrected chi connectivity index (χ1v) is 6.35. The minimum absolute atomic E-state index is 0.168. The van der Waals surface area contributed by atoms with Crippen molar-refractivity contribution in [1.82, 2.24) is 15.3 Å². The zero-order chi connectivity index (χ0) is 13.5. The van der Waals surface area contributed by atoms with E-state index in [0.29, 0.717) is 13.2 Å². The van der Waals surface area contributed by atoms with Crippen molar-refractivity contribution in [2.24, 2.45) is 0 Å². The highest BCUT2D eigenvalue weighted by Crippen LogP contribution is 2.13. The first-order chi connectivity index (χ1) is 9.29. The fourth-order valence-corrected chi connectivity index (χ4v) is 1.96. The van der Waals surface area contributed by atoms with Gasteiger partial charge in [-0.3, -0.25) is 0 Å². The summed E-state index contributed by atoms with van der Waals surface area (Å²) in [5.74, 6) is 0.794. The van der Waals surface area contributed by atoms with E-state index in [1.54, 1.807) is 13.3 Å². The van der Waals surface area contributed by atoms with Gasteiger partial charge in [-0.2, -0.15) is 0 Å². The van der Waals surface area contributed by atoms with E-state index >= 15 is 0 Å². The highest BCUT2D eigenvalue weighted by molar-refractivity contribution is 5.19. The molecule has 0 bridgehead atoms. The summed E-state index contributed by atoms with van der Waals surface area (Å²) in [4.78, 5) is 8.48. The molecular formula is C15H19N3O. The Hall–Kier alpha value is -1.78. The number of nitrogens with zero attached hydrogens (tertiary/aromatic N) is 2. The van der Waals surface area contributed by atoms with Crippen LogP contribution in [0.5, 0.6) is 0 Å². The standard InChI is InChI=1S/C15H19N3O/c1-12-16-9-8-14(18-12)10-17-15(11-19-2)13-6-4-3-5-7-13/h3-9,15,17H,10-11H2,1-2H3. The highest BCUT2D eigenvalue weighted by atomic mass is 16.5. The lowest BCUT2D eigenvalue weighted by Gasteiger charge is -2.18. The van der Waals surface area contributed by atoms with E-state index in [4.69, 9.17) is 4.74 Å². The van der Waals surface area contributed by atoms with Crippen LogP contribution in [0.2, 0.25) is 0 Å². The quantitative estimate of drug-likeness (QED) is 0.862. The normalized spacial score (nSPS) is 12.3. The number of benzene rings is 1. The minimum Gasteiger partial charge on any atom is -0.383 e. The van der Waals surface area contributed by atoms with Gasteiger partial charge in [0.1, 0.15) is 5.82 Å². The third-order valence-electron chi connectivity index (χ3n) is 2.90. The van der Waals surface area contributed by atoms with Crippen LogP contribution in [0, 0.1) is 6.92 Å². The van der Waals surface area contributed by atoms with Gasteiger partial charge in [-0.15, -0.1) is 0 Å². The molecule has 19 heavy (non-hydrogen) atoms. The average molecular weight is 257 g/mol. The van der Waals surface area contributed by atoms with Crippen LogP contribution >= 0.6 is 0 Å². The summed E-state index contributed by atoms with van der Waals surface area (Å²) in [5, 5.41) is 3.47. The molecule has 1 aromatic carbocycles. The lowest BCUT2D eigenvalue weighted by atomic mass is 10.1. The van der Waals surface area contributed by atoms with E-state index in [-0.39, 0.29) is 6.04 Å². The van der Waals surface area contributed by atoms with Crippen LogP contribution in [0.15, 0.2) is 42.6 Å². The van der Waals surface area contributed by atoms with E-state index in [9.17, 15) is 0 Å². The summed E-state index contributed by atoms with van der Waals surface area (Å²) in [6.07, 6.45) is 1.78. The Morgan fingerprint density at radius 2 is 2.00 bits per heavy atom. The predicted molar refractivity (Wildman–Crippen MR) is 74.7 cm³/mol. The number of aryl methyl sites for hydroxylation is 1. The van der Waals surface area contributed by atoms with Crippen molar-refractivity contribution in [3.63, 3.8) is 0 Å². The molecule has 1 N–H and O–H groups in total. The molecule has 0 aliphatic rings. The van der Waals surface area contributed by atoms with Crippen LogP contribution in [0.4, 0.5) is 0 Å². The zero-order valence-corrected chi connectivity index (χ0v) is 11.3. The van der Waals surface area contributed by atoms with Crippen molar-refractivity contribution in [2.45, 2.75) is 19.5 Å². The van der Waals surface area contributed by atoms with Crippen molar-refractivity contribution in [3.8, 4) is 0 Å². The molecule has 2 rings (SSSR count). The second-order valence-corrected chi connectivity index (χ2v) is 4.39. The minimum atomic E-state index is 0.168. The van der Waals surface area contributed by atoms with Crippen molar-refractivity contribution >= 4 is 0 Å². The molecule has 0 amide bonds. The van der Waals surface area contributed by atoms with Gasteiger partial charge in [0.05, 0.1) is 18.3 Å². The first kappa shape index (κ1) is 13.6. The van der Waals surface area contributed by atoms with Gasteiger partial charge in [-0.05, 0) is 18.6 Å². The van der Waals surface area contributed by atoms with Gasteiger partial charge in [0.25, 0.3) is 0 Å². The van der Waals surface area contributed by atoms with Crippen LogP contribution in [0.25, 0.3) is 0 Å². The van der Waals surface area contributed by atoms with E-state index < -0.39 is 0 Å². The molecule has 0 spiro atoms. The molecule has 1 atom stereocenters. The lowest BCUT2D eigenvalue weighted by molar-refractivity contribution is 0.166. The molecule has 1 aromatic heterocycles. The van der Waals surface area contributed by atoms with Gasteiger partial charge in [-0.1, -0.05) is 30.3 Å². The van der Waals surface area contributed by atoms with E-state index in [2.05, 4.69) is 27.4 Å². The molecule has 0 aliphatic heterocycles. The number of aromatic nitrogens is 2. The van der Waals surface area contributed by atoms with Crippen molar-refractivity contribution in [1.29, 1.82) is 0 Å². The van der Waals surface area contributed by atoms with E-state index in [1.807, 2.05) is 31.2 Å². The van der Waals surface area contributed by atoms with Crippen molar-refractivity contribution in [3.05, 3.63) is 59.7 Å². The van der Waals surface area contributed by atoms with Gasteiger partial charge in [0, 0.05) is 19.9 Å². The van der Waals surface area contributed by atoms with Crippen LogP contribution in [0.1, 0.15) is 23.1 Å². The summed E-state index contributed by atoms with van der Waals surface area (Å²) in [7, 11) is 1.71. The monoisotopic (exact) mass is 257 g/mol. The second kappa shape index (κ2) is 6.97. The average Bonchev–Trinajstić information content (AvgIpc) is 2.44. The number of rotatable bonds is 6. The Bertz CT molecular complexity index is 502. The fourth-order valence-electron chi connectivity index (χ4n) is 1.96.